The van der Waals surface area contributed by atoms with Crippen LogP contribution in [-0.4, -0.2) is 61.4 Å². The molecule has 2 saturated heterocycles. The minimum atomic E-state index is -0.556. The summed E-state index contributed by atoms with van der Waals surface area (Å²) >= 11 is 0. The number of amides is 1. The van der Waals surface area contributed by atoms with Crippen LogP contribution in [0.4, 0.5) is 14.6 Å². The maximum Gasteiger partial charge on any atom is 0.259 e. The van der Waals surface area contributed by atoms with E-state index in [9.17, 15) is 9.18 Å². The molecule has 0 radical (unpaired) electrons. The summed E-state index contributed by atoms with van der Waals surface area (Å²) < 4.78 is 28.7. The Bertz CT molecular complexity index is 1410. The first-order valence-corrected chi connectivity index (χ1v) is 11.1. The average molecular weight is 461 g/mol. The van der Waals surface area contributed by atoms with Crippen molar-refractivity contribution < 1.29 is 13.6 Å². The second kappa shape index (κ2) is 7.82. The van der Waals surface area contributed by atoms with E-state index in [1.165, 1.54) is 29.3 Å². The molecule has 8 nitrogen and oxygen atoms in total. The third kappa shape index (κ3) is 3.28. The van der Waals surface area contributed by atoms with Crippen LogP contribution in [-0.2, 0) is 0 Å². The molecule has 0 aliphatic carbocycles. The Hall–Kier alpha value is -3.95. The zero-order valence-corrected chi connectivity index (χ0v) is 18.4. The van der Waals surface area contributed by atoms with E-state index in [1.807, 2.05) is 0 Å². The third-order valence-electron chi connectivity index (χ3n) is 6.79. The van der Waals surface area contributed by atoms with Gasteiger partial charge in [-0.2, -0.15) is 15.0 Å². The van der Waals surface area contributed by atoms with Crippen LogP contribution >= 0.6 is 0 Å². The van der Waals surface area contributed by atoms with Gasteiger partial charge in [0.15, 0.2) is 0 Å². The topological polar surface area (TPSA) is 80.0 Å². The van der Waals surface area contributed by atoms with Crippen LogP contribution in [0.15, 0.2) is 48.9 Å². The number of carbonyl (C=O) groups is 1. The van der Waals surface area contributed by atoms with Crippen molar-refractivity contribution in [1.82, 2.24) is 29.9 Å². The summed E-state index contributed by atoms with van der Waals surface area (Å²) in [5.41, 5.74) is 1.80. The zero-order valence-electron chi connectivity index (χ0n) is 18.4. The highest BCUT2D eigenvalue weighted by Crippen LogP contribution is 2.37. The molecule has 0 unspecified atom stereocenters. The average Bonchev–Trinajstić information content (AvgIpc) is 3.36. The second-order valence-electron chi connectivity index (χ2n) is 8.79. The Morgan fingerprint density at radius 2 is 1.88 bits per heavy atom. The first-order valence-electron chi connectivity index (χ1n) is 11.1. The number of aryl methyl sites for hydroxylation is 1. The Labute approximate surface area is 193 Å². The molecule has 2 aliphatic heterocycles. The van der Waals surface area contributed by atoms with Gasteiger partial charge < -0.3 is 9.80 Å². The van der Waals surface area contributed by atoms with E-state index < -0.39 is 5.82 Å². The summed E-state index contributed by atoms with van der Waals surface area (Å²) in [5, 5.41) is 8.17. The normalized spacial score (nSPS) is 19.7. The van der Waals surface area contributed by atoms with Crippen molar-refractivity contribution in [2.75, 3.05) is 24.5 Å². The number of benzene rings is 2. The van der Waals surface area contributed by atoms with Crippen molar-refractivity contribution in [2.45, 2.75) is 19.4 Å². The van der Waals surface area contributed by atoms with Crippen LogP contribution in [0.1, 0.15) is 22.3 Å². The number of halogens is 2. The molecule has 10 heteroatoms. The predicted octanol–water partition coefficient (Wildman–Crippen LogP) is 3.15. The highest BCUT2D eigenvalue weighted by atomic mass is 19.1. The molecule has 34 heavy (non-hydrogen) atoms. The second-order valence-corrected chi connectivity index (χ2v) is 8.79. The number of nitrogens with zero attached hydrogens (tertiary/aromatic N) is 7. The number of carbonyl (C=O) groups excluding carboxylic acids is 1. The van der Waals surface area contributed by atoms with Gasteiger partial charge >= 0.3 is 0 Å². The molecule has 2 atom stereocenters. The van der Waals surface area contributed by atoms with Crippen LogP contribution in [0.5, 0.6) is 0 Å². The number of aromatic nitrogens is 5. The first-order chi connectivity index (χ1) is 16.5. The molecule has 4 aromatic rings. The third-order valence-corrected chi connectivity index (χ3v) is 6.79. The molecule has 6 rings (SSSR count). The van der Waals surface area contributed by atoms with E-state index >= 15 is 4.39 Å². The Morgan fingerprint density at radius 1 is 1.06 bits per heavy atom. The minimum absolute atomic E-state index is 0.0203. The SMILES string of the molecule is Cc1ccc(-n2nccn2)c(C(=O)N2CC[C@H]3CN(c4cnc5cc(F)ccc5n4)[C@@H]3C2)c1F. The summed E-state index contributed by atoms with van der Waals surface area (Å²) in [4.78, 5) is 27.6. The van der Waals surface area contributed by atoms with Gasteiger partial charge in [-0.3, -0.25) is 9.78 Å². The molecular weight excluding hydrogens is 440 g/mol. The van der Waals surface area contributed by atoms with E-state index in [0.717, 1.165) is 13.0 Å². The standard InChI is InChI=1S/C24H21F2N7O/c1-14-2-5-19(33-28-7-8-29-33)22(23(14)26)24(34)31-9-6-15-12-32(20(15)13-31)21-11-27-18-10-16(25)3-4-17(18)30-21/h2-5,7-8,10-11,15,20H,6,9,12-13H2,1H3/t15-,20+/m0/s1. The van der Waals surface area contributed by atoms with Crippen molar-refractivity contribution >= 4 is 22.8 Å². The molecule has 0 N–H and O–H groups in total. The molecule has 1 amide bonds. The summed E-state index contributed by atoms with van der Waals surface area (Å²) in [6.45, 7) is 3.45. The van der Waals surface area contributed by atoms with Crippen LogP contribution in [0.3, 0.4) is 0 Å². The fraction of sp³-hybridized carbons (Fsp3) is 0.292. The molecule has 4 heterocycles. The van der Waals surface area contributed by atoms with Gasteiger partial charge in [-0.1, -0.05) is 6.07 Å². The zero-order chi connectivity index (χ0) is 23.4. The van der Waals surface area contributed by atoms with Gasteiger partial charge in [0.05, 0.1) is 35.7 Å². The lowest BCUT2D eigenvalue weighted by molar-refractivity contribution is 0.0586. The summed E-state index contributed by atoms with van der Waals surface area (Å²) in [6, 6.07) is 7.68. The van der Waals surface area contributed by atoms with Gasteiger partial charge in [0.2, 0.25) is 0 Å². The predicted molar refractivity (Wildman–Crippen MR) is 121 cm³/mol. The molecule has 2 aliphatic rings. The Balaban J connectivity index is 1.28. The van der Waals surface area contributed by atoms with Gasteiger partial charge in [0, 0.05) is 31.6 Å². The number of piperidine rings is 1. The smallest absolute Gasteiger partial charge is 0.259 e. The van der Waals surface area contributed by atoms with E-state index in [0.29, 0.717) is 47.1 Å². The van der Waals surface area contributed by atoms with Crippen molar-refractivity contribution in [1.29, 1.82) is 0 Å². The molecule has 2 fully saturated rings. The fourth-order valence-electron chi connectivity index (χ4n) is 4.90. The first kappa shape index (κ1) is 20.6. The highest BCUT2D eigenvalue weighted by molar-refractivity contribution is 5.98. The van der Waals surface area contributed by atoms with E-state index in [4.69, 9.17) is 0 Å². The molecule has 0 saturated carbocycles. The lowest BCUT2D eigenvalue weighted by atomic mass is 9.82. The number of anilines is 1. The van der Waals surface area contributed by atoms with E-state index in [1.54, 1.807) is 36.2 Å². The Kier molecular flexibility index (Phi) is 4.75. The van der Waals surface area contributed by atoms with Crippen molar-refractivity contribution in [3.63, 3.8) is 0 Å². The van der Waals surface area contributed by atoms with E-state index in [2.05, 4.69) is 25.1 Å². The summed E-state index contributed by atoms with van der Waals surface area (Å²) in [5.74, 6) is -0.172. The number of hydrogen-bond donors (Lipinski definition) is 0. The largest absolute Gasteiger partial charge is 0.350 e. The molecule has 172 valence electrons. The summed E-state index contributed by atoms with van der Waals surface area (Å²) in [6.07, 6.45) is 5.44. The van der Waals surface area contributed by atoms with Crippen molar-refractivity contribution in [3.05, 3.63) is 71.7 Å². The van der Waals surface area contributed by atoms with Gasteiger partial charge in [0.25, 0.3) is 5.91 Å². The maximum absolute atomic E-state index is 15.2. The maximum atomic E-state index is 15.2. The van der Waals surface area contributed by atoms with Crippen LogP contribution in [0.2, 0.25) is 0 Å². The molecule has 2 aromatic carbocycles. The van der Waals surface area contributed by atoms with Gasteiger partial charge in [0.1, 0.15) is 28.7 Å². The van der Waals surface area contributed by atoms with Gasteiger partial charge in [-0.15, -0.1) is 0 Å². The number of fused-ring (bicyclic) bond motifs is 2. The highest BCUT2D eigenvalue weighted by Gasteiger charge is 2.45. The Morgan fingerprint density at radius 3 is 2.71 bits per heavy atom. The number of hydrogen-bond acceptors (Lipinski definition) is 6. The van der Waals surface area contributed by atoms with E-state index in [-0.39, 0.29) is 23.3 Å². The van der Waals surface area contributed by atoms with Crippen LogP contribution in [0, 0.1) is 24.5 Å². The molecule has 2 aromatic heterocycles. The summed E-state index contributed by atoms with van der Waals surface area (Å²) in [7, 11) is 0. The fourth-order valence-corrected chi connectivity index (χ4v) is 4.90. The molecular formula is C24H21F2N7O. The molecule has 0 bridgehead atoms. The minimum Gasteiger partial charge on any atom is -0.350 e. The monoisotopic (exact) mass is 461 g/mol. The van der Waals surface area contributed by atoms with Crippen LogP contribution in [0.25, 0.3) is 16.7 Å². The van der Waals surface area contributed by atoms with Gasteiger partial charge in [-0.25, -0.2) is 13.8 Å². The van der Waals surface area contributed by atoms with Crippen molar-refractivity contribution in [3.8, 4) is 5.69 Å². The quantitative estimate of drug-likeness (QED) is 0.466. The number of rotatable bonds is 3. The molecule has 0 spiro atoms. The lowest BCUT2D eigenvalue weighted by Gasteiger charge is -2.53. The lowest BCUT2D eigenvalue weighted by Crippen LogP contribution is -2.65. The van der Waals surface area contributed by atoms with Crippen LogP contribution < -0.4 is 4.90 Å². The van der Waals surface area contributed by atoms with Gasteiger partial charge in [-0.05, 0) is 37.1 Å². The number of likely N-dealkylation sites (tertiary alicyclic amines) is 1. The van der Waals surface area contributed by atoms with Crippen molar-refractivity contribution in [2.24, 2.45) is 5.92 Å².